The summed E-state index contributed by atoms with van der Waals surface area (Å²) in [5, 5.41) is 8.99. The predicted molar refractivity (Wildman–Crippen MR) is 86.5 cm³/mol. The van der Waals surface area contributed by atoms with E-state index in [1.165, 1.54) is 0 Å². The molecule has 0 spiro atoms. The van der Waals surface area contributed by atoms with Gasteiger partial charge in [-0.05, 0) is 36.4 Å². The molecule has 0 bridgehead atoms. The Hall–Kier alpha value is -2.33. The van der Waals surface area contributed by atoms with Crippen molar-refractivity contribution in [2.45, 2.75) is 0 Å². The smallest absolute Gasteiger partial charge is 0.140 e. The zero-order chi connectivity index (χ0) is 14.8. The Labute approximate surface area is 124 Å². The van der Waals surface area contributed by atoms with Crippen LogP contribution in [0.5, 0.6) is 0 Å². The minimum Gasteiger partial charge on any atom is -0.395 e. The molecule has 1 heterocycles. The fourth-order valence-corrected chi connectivity index (χ4v) is 2.55. The molecule has 0 aliphatic heterocycles. The summed E-state index contributed by atoms with van der Waals surface area (Å²) in [5.74, 6) is 0.965. The van der Waals surface area contributed by atoms with E-state index in [1.54, 1.807) is 0 Å². The molecule has 0 saturated carbocycles. The lowest BCUT2D eigenvalue weighted by molar-refractivity contribution is 0.304. The molecular weight excluding hydrogens is 262 g/mol. The van der Waals surface area contributed by atoms with E-state index >= 15 is 0 Å². The van der Waals surface area contributed by atoms with E-state index in [0.717, 1.165) is 28.1 Å². The summed E-state index contributed by atoms with van der Waals surface area (Å²) >= 11 is 0. The van der Waals surface area contributed by atoms with Crippen molar-refractivity contribution >= 4 is 16.7 Å². The molecule has 1 aromatic heterocycles. The van der Waals surface area contributed by atoms with Crippen LogP contribution in [0, 0.1) is 0 Å². The summed E-state index contributed by atoms with van der Waals surface area (Å²) in [6.07, 6.45) is 0. The molecule has 1 N–H and O–H groups in total. The highest BCUT2D eigenvalue weighted by Gasteiger charge is 2.09. The van der Waals surface area contributed by atoms with Gasteiger partial charge in [0.05, 0.1) is 17.6 Å². The first kappa shape index (κ1) is 13.6. The van der Waals surface area contributed by atoms with Gasteiger partial charge in [0.2, 0.25) is 0 Å². The molecule has 0 fully saturated rings. The van der Waals surface area contributed by atoms with Crippen LogP contribution in [0.15, 0.2) is 48.5 Å². The quantitative estimate of drug-likeness (QED) is 0.799. The van der Waals surface area contributed by atoms with Crippen LogP contribution in [-0.2, 0) is 7.05 Å². The lowest BCUT2D eigenvalue weighted by Crippen LogP contribution is -2.20. The zero-order valence-corrected chi connectivity index (χ0v) is 12.3. The highest BCUT2D eigenvalue weighted by molar-refractivity contribution is 5.80. The monoisotopic (exact) mass is 281 g/mol. The van der Waals surface area contributed by atoms with Crippen LogP contribution < -0.4 is 4.90 Å². The number of rotatable bonds is 4. The fourth-order valence-electron chi connectivity index (χ4n) is 2.55. The number of aliphatic hydroxyl groups is 1. The molecule has 0 saturated heterocycles. The number of nitrogens with zero attached hydrogens (tertiary/aromatic N) is 3. The Morgan fingerprint density at radius 1 is 1.10 bits per heavy atom. The number of benzene rings is 2. The second-order valence-electron chi connectivity index (χ2n) is 5.18. The average molecular weight is 281 g/mol. The van der Waals surface area contributed by atoms with Gasteiger partial charge >= 0.3 is 0 Å². The topological polar surface area (TPSA) is 41.3 Å². The number of aromatic nitrogens is 2. The second kappa shape index (κ2) is 5.58. The zero-order valence-electron chi connectivity index (χ0n) is 12.3. The average Bonchev–Trinajstić information content (AvgIpc) is 2.85. The highest BCUT2D eigenvalue weighted by Crippen LogP contribution is 2.25. The first-order chi connectivity index (χ1) is 10.2. The maximum atomic E-state index is 8.99. The second-order valence-corrected chi connectivity index (χ2v) is 5.18. The van der Waals surface area contributed by atoms with Crippen LogP contribution in [0.25, 0.3) is 22.4 Å². The Kier molecular flexibility index (Phi) is 3.62. The number of aryl methyl sites for hydroxylation is 1. The summed E-state index contributed by atoms with van der Waals surface area (Å²) in [4.78, 5) is 6.73. The van der Waals surface area contributed by atoms with E-state index in [2.05, 4.69) is 34.9 Å². The van der Waals surface area contributed by atoms with Crippen LogP contribution in [0.1, 0.15) is 0 Å². The number of hydrogen-bond donors (Lipinski definition) is 1. The van der Waals surface area contributed by atoms with Crippen molar-refractivity contribution in [1.82, 2.24) is 9.55 Å². The molecule has 0 unspecified atom stereocenters. The fraction of sp³-hybridized carbons (Fsp3) is 0.235. The molecule has 0 amide bonds. The molecule has 3 aromatic rings. The predicted octanol–water partition coefficient (Wildman–Crippen LogP) is 2.67. The van der Waals surface area contributed by atoms with Gasteiger partial charge in [0.15, 0.2) is 0 Å². The van der Waals surface area contributed by atoms with Crippen LogP contribution >= 0.6 is 0 Å². The van der Waals surface area contributed by atoms with E-state index < -0.39 is 0 Å². The van der Waals surface area contributed by atoms with Crippen LogP contribution in [-0.4, -0.2) is 34.9 Å². The summed E-state index contributed by atoms with van der Waals surface area (Å²) in [5.41, 5.74) is 4.33. The molecule has 4 heteroatoms. The van der Waals surface area contributed by atoms with Crippen LogP contribution in [0.4, 0.5) is 5.69 Å². The number of fused-ring (bicyclic) bond motifs is 1. The summed E-state index contributed by atoms with van der Waals surface area (Å²) in [6, 6.07) is 16.4. The summed E-state index contributed by atoms with van der Waals surface area (Å²) in [7, 11) is 4.01. The lowest BCUT2D eigenvalue weighted by Gasteiger charge is -2.18. The molecule has 0 aliphatic rings. The number of anilines is 1. The van der Waals surface area contributed by atoms with Gasteiger partial charge in [-0.3, -0.25) is 0 Å². The number of aliphatic hydroxyl groups excluding tert-OH is 1. The largest absolute Gasteiger partial charge is 0.395 e. The SMILES string of the molecule is CN(CCO)c1ccc(-c2nc3ccccc3n2C)cc1. The summed E-state index contributed by atoms with van der Waals surface area (Å²) in [6.45, 7) is 0.786. The van der Waals surface area contributed by atoms with Crippen LogP contribution in [0.2, 0.25) is 0 Å². The van der Waals surface area contributed by atoms with Crippen molar-refractivity contribution < 1.29 is 5.11 Å². The molecule has 3 rings (SSSR count). The molecule has 21 heavy (non-hydrogen) atoms. The van der Waals surface area contributed by atoms with Crippen LogP contribution in [0.3, 0.4) is 0 Å². The minimum absolute atomic E-state index is 0.156. The third kappa shape index (κ3) is 2.50. The molecule has 108 valence electrons. The standard InChI is InChI=1S/C17H19N3O/c1-19(11-12-21)14-9-7-13(8-10-14)17-18-15-5-3-4-6-16(15)20(17)2/h3-10,21H,11-12H2,1-2H3. The number of hydrogen-bond acceptors (Lipinski definition) is 3. The highest BCUT2D eigenvalue weighted by atomic mass is 16.3. The first-order valence-electron chi connectivity index (χ1n) is 7.04. The molecular formula is C17H19N3O. The minimum atomic E-state index is 0.156. The van der Waals surface area contributed by atoms with Gasteiger partial charge in [-0.1, -0.05) is 12.1 Å². The molecule has 0 radical (unpaired) electrons. The van der Waals surface area contributed by atoms with Gasteiger partial charge in [0.1, 0.15) is 5.82 Å². The molecule has 0 aliphatic carbocycles. The Balaban J connectivity index is 1.97. The van der Waals surface area contributed by atoms with Gasteiger partial charge in [0, 0.05) is 31.9 Å². The van der Waals surface area contributed by atoms with Crippen molar-refractivity contribution in [1.29, 1.82) is 0 Å². The van der Waals surface area contributed by atoms with Crippen molar-refractivity contribution in [3.05, 3.63) is 48.5 Å². The molecule has 2 aromatic carbocycles. The van der Waals surface area contributed by atoms with Gasteiger partial charge in [0.25, 0.3) is 0 Å². The van der Waals surface area contributed by atoms with Gasteiger partial charge in [-0.25, -0.2) is 4.98 Å². The number of likely N-dealkylation sites (N-methyl/N-ethyl adjacent to an activating group) is 1. The maximum Gasteiger partial charge on any atom is 0.140 e. The van der Waals surface area contributed by atoms with Crippen molar-refractivity contribution in [2.75, 3.05) is 25.1 Å². The van der Waals surface area contributed by atoms with Gasteiger partial charge in [-0.2, -0.15) is 0 Å². The van der Waals surface area contributed by atoms with Crippen molar-refractivity contribution in [3.63, 3.8) is 0 Å². The van der Waals surface area contributed by atoms with E-state index in [0.29, 0.717) is 6.54 Å². The first-order valence-corrected chi connectivity index (χ1v) is 7.04. The van der Waals surface area contributed by atoms with Gasteiger partial charge < -0.3 is 14.6 Å². The normalized spacial score (nSPS) is 11.0. The Bertz CT molecular complexity index is 746. The lowest BCUT2D eigenvalue weighted by atomic mass is 10.2. The van der Waals surface area contributed by atoms with Crippen molar-refractivity contribution in [2.24, 2.45) is 7.05 Å². The molecule has 0 atom stereocenters. The van der Waals surface area contributed by atoms with E-state index in [9.17, 15) is 0 Å². The third-order valence-electron chi connectivity index (χ3n) is 3.79. The van der Waals surface area contributed by atoms with Gasteiger partial charge in [-0.15, -0.1) is 0 Å². The Morgan fingerprint density at radius 3 is 2.48 bits per heavy atom. The molecule has 4 nitrogen and oxygen atoms in total. The van der Waals surface area contributed by atoms with E-state index in [4.69, 9.17) is 10.1 Å². The maximum absolute atomic E-state index is 8.99. The summed E-state index contributed by atoms with van der Waals surface area (Å²) < 4.78 is 2.11. The number of para-hydroxylation sites is 2. The Morgan fingerprint density at radius 2 is 1.81 bits per heavy atom. The van der Waals surface area contributed by atoms with Crippen molar-refractivity contribution in [3.8, 4) is 11.4 Å². The number of imidazole rings is 1. The van der Waals surface area contributed by atoms with E-state index in [-0.39, 0.29) is 6.61 Å². The van der Waals surface area contributed by atoms with E-state index in [1.807, 2.05) is 37.2 Å². The third-order valence-corrected chi connectivity index (χ3v) is 3.79.